The molecule has 1 saturated heterocycles. The summed E-state index contributed by atoms with van der Waals surface area (Å²) in [4.78, 5) is 24.5. The highest BCUT2D eigenvalue weighted by molar-refractivity contribution is 7.10. The van der Waals surface area contributed by atoms with E-state index in [1.165, 1.54) is 11.3 Å². The molecule has 0 saturated carbocycles. The Morgan fingerprint density at radius 1 is 1.67 bits per heavy atom. The number of hydrogen-bond acceptors (Lipinski definition) is 5. The van der Waals surface area contributed by atoms with Crippen LogP contribution >= 0.6 is 11.3 Å². The molecule has 2 amide bonds. The Labute approximate surface area is 128 Å². The molecule has 2 atom stereocenters. The fourth-order valence-electron chi connectivity index (χ4n) is 2.13. The van der Waals surface area contributed by atoms with Gasteiger partial charge in [-0.3, -0.25) is 9.59 Å². The summed E-state index contributed by atoms with van der Waals surface area (Å²) >= 11 is 1.52. The van der Waals surface area contributed by atoms with Crippen molar-refractivity contribution in [3.63, 3.8) is 0 Å². The molecule has 8 heteroatoms. The first-order chi connectivity index (χ1) is 10.1. The number of carbonyl (C=O) groups is 2. The highest BCUT2D eigenvalue weighted by atomic mass is 32.1. The molecule has 3 N–H and O–H groups in total. The van der Waals surface area contributed by atoms with Gasteiger partial charge in [-0.25, -0.2) is 0 Å². The second-order valence-electron chi connectivity index (χ2n) is 5.00. The minimum absolute atomic E-state index is 0.143. The second-order valence-corrected chi connectivity index (χ2v) is 6.03. The van der Waals surface area contributed by atoms with E-state index in [-0.39, 0.29) is 30.9 Å². The standard InChI is InChI=1S/C13H19BN2O4S/c1-2-9-6-13(18)16-11(14(19)20-9)8-15-12(17)7-10-4-3-5-21-10/h3-5,9,11,19H,2,6-8H2,1H3,(H,15,17)(H,16,18)/t9?,11-/m1/s1. The summed E-state index contributed by atoms with van der Waals surface area (Å²) < 4.78 is 5.40. The van der Waals surface area contributed by atoms with Crippen LogP contribution in [0.1, 0.15) is 24.6 Å². The lowest BCUT2D eigenvalue weighted by Gasteiger charge is -2.19. The van der Waals surface area contributed by atoms with Crippen molar-refractivity contribution < 1.29 is 19.3 Å². The lowest BCUT2D eigenvalue weighted by Crippen LogP contribution is -2.52. The third kappa shape index (κ3) is 4.84. The fourth-order valence-corrected chi connectivity index (χ4v) is 2.84. The summed E-state index contributed by atoms with van der Waals surface area (Å²) in [5.74, 6) is -0.938. The molecular formula is C13H19BN2O4S. The van der Waals surface area contributed by atoms with Crippen LogP contribution in [-0.4, -0.2) is 42.5 Å². The predicted molar refractivity (Wildman–Crippen MR) is 80.7 cm³/mol. The number of thiophene rings is 1. The SMILES string of the molecule is CCC1CC(=O)N[C@H](CNC(=O)Cc2cccs2)B(O)O1. The molecule has 114 valence electrons. The van der Waals surface area contributed by atoms with Crippen LogP contribution in [0.4, 0.5) is 0 Å². The zero-order chi connectivity index (χ0) is 15.2. The van der Waals surface area contributed by atoms with Gasteiger partial charge in [0.2, 0.25) is 11.8 Å². The minimum Gasteiger partial charge on any atom is -0.426 e. The van der Waals surface area contributed by atoms with E-state index in [9.17, 15) is 14.6 Å². The normalized spacial score (nSPS) is 22.6. The topological polar surface area (TPSA) is 87.7 Å². The number of amides is 2. The summed E-state index contributed by atoms with van der Waals surface area (Å²) in [6.45, 7) is 2.04. The van der Waals surface area contributed by atoms with Gasteiger partial charge >= 0.3 is 7.12 Å². The van der Waals surface area contributed by atoms with Gasteiger partial charge in [-0.2, -0.15) is 0 Å². The summed E-state index contributed by atoms with van der Waals surface area (Å²) in [6.07, 6.45) is 0.897. The third-order valence-electron chi connectivity index (χ3n) is 3.32. The van der Waals surface area contributed by atoms with E-state index in [1.54, 1.807) is 0 Å². The van der Waals surface area contributed by atoms with E-state index in [0.717, 1.165) is 4.88 Å². The van der Waals surface area contributed by atoms with E-state index >= 15 is 0 Å². The molecule has 0 aliphatic carbocycles. The van der Waals surface area contributed by atoms with Crippen molar-refractivity contribution in [3.05, 3.63) is 22.4 Å². The smallest absolute Gasteiger partial charge is 0.426 e. The molecule has 1 aliphatic heterocycles. The Bertz CT molecular complexity index is 483. The van der Waals surface area contributed by atoms with Gasteiger partial charge in [0.05, 0.1) is 24.9 Å². The van der Waals surface area contributed by atoms with Gasteiger partial charge < -0.3 is 20.3 Å². The van der Waals surface area contributed by atoms with Crippen LogP contribution in [0.3, 0.4) is 0 Å². The molecule has 1 unspecified atom stereocenters. The number of nitrogens with one attached hydrogen (secondary N) is 2. The number of hydrogen-bond donors (Lipinski definition) is 3. The summed E-state index contributed by atoms with van der Waals surface area (Å²) in [7, 11) is -1.11. The zero-order valence-corrected chi connectivity index (χ0v) is 12.7. The molecule has 0 bridgehead atoms. The van der Waals surface area contributed by atoms with Crippen molar-refractivity contribution in [1.82, 2.24) is 10.6 Å². The molecule has 2 heterocycles. The Morgan fingerprint density at radius 3 is 3.14 bits per heavy atom. The van der Waals surface area contributed by atoms with Gasteiger partial charge in [0.25, 0.3) is 0 Å². The first-order valence-electron chi connectivity index (χ1n) is 7.00. The van der Waals surface area contributed by atoms with Crippen molar-refractivity contribution in [3.8, 4) is 0 Å². The number of carbonyl (C=O) groups excluding carboxylic acids is 2. The average molecular weight is 310 g/mol. The first kappa shape index (κ1) is 16.0. The average Bonchev–Trinajstić information content (AvgIpc) is 2.90. The summed E-state index contributed by atoms with van der Waals surface area (Å²) in [6, 6.07) is 3.78. The first-order valence-corrected chi connectivity index (χ1v) is 7.88. The summed E-state index contributed by atoms with van der Waals surface area (Å²) in [5.41, 5.74) is 0. The van der Waals surface area contributed by atoms with Gasteiger partial charge in [0.15, 0.2) is 0 Å². The van der Waals surface area contributed by atoms with E-state index in [4.69, 9.17) is 4.65 Å². The van der Waals surface area contributed by atoms with E-state index in [2.05, 4.69) is 10.6 Å². The Morgan fingerprint density at radius 2 is 2.48 bits per heavy atom. The lowest BCUT2D eigenvalue weighted by molar-refractivity contribution is -0.123. The van der Waals surface area contributed by atoms with Crippen LogP contribution in [0.25, 0.3) is 0 Å². The minimum atomic E-state index is -1.11. The van der Waals surface area contributed by atoms with Gasteiger partial charge in [0, 0.05) is 11.4 Å². The van der Waals surface area contributed by atoms with E-state index < -0.39 is 13.1 Å². The Hall–Kier alpha value is -1.38. The van der Waals surface area contributed by atoms with Crippen LogP contribution in [0.15, 0.2) is 17.5 Å². The highest BCUT2D eigenvalue weighted by Crippen LogP contribution is 2.11. The molecular weight excluding hydrogens is 291 g/mol. The number of rotatable bonds is 5. The third-order valence-corrected chi connectivity index (χ3v) is 4.20. The maximum Gasteiger partial charge on any atom is 0.480 e. The lowest BCUT2D eigenvalue weighted by atomic mass is 9.78. The van der Waals surface area contributed by atoms with Crippen LogP contribution in [0.5, 0.6) is 0 Å². The van der Waals surface area contributed by atoms with Crippen molar-refractivity contribution in [1.29, 1.82) is 0 Å². The molecule has 1 aromatic rings. The van der Waals surface area contributed by atoms with Crippen LogP contribution in [-0.2, 0) is 20.7 Å². The predicted octanol–water partition coefficient (Wildman–Crippen LogP) is 0.110. The van der Waals surface area contributed by atoms with Crippen molar-refractivity contribution in [2.75, 3.05) is 6.54 Å². The monoisotopic (exact) mass is 310 g/mol. The maximum atomic E-state index is 11.8. The Balaban J connectivity index is 1.83. The molecule has 1 fully saturated rings. The van der Waals surface area contributed by atoms with Crippen LogP contribution in [0.2, 0.25) is 0 Å². The molecule has 1 aliphatic rings. The van der Waals surface area contributed by atoms with Crippen molar-refractivity contribution in [2.45, 2.75) is 38.2 Å². The molecule has 6 nitrogen and oxygen atoms in total. The zero-order valence-electron chi connectivity index (χ0n) is 11.9. The van der Waals surface area contributed by atoms with Gasteiger partial charge in [0.1, 0.15) is 0 Å². The van der Waals surface area contributed by atoms with Gasteiger partial charge in [-0.05, 0) is 17.9 Å². The van der Waals surface area contributed by atoms with Crippen LogP contribution < -0.4 is 10.6 Å². The maximum absolute atomic E-state index is 11.8. The van der Waals surface area contributed by atoms with Gasteiger partial charge in [-0.15, -0.1) is 11.3 Å². The molecule has 0 aromatic carbocycles. The quantitative estimate of drug-likeness (QED) is 0.674. The van der Waals surface area contributed by atoms with Crippen molar-refractivity contribution >= 4 is 30.3 Å². The Kier molecular flexibility index (Phi) is 5.78. The summed E-state index contributed by atoms with van der Waals surface area (Å²) in [5, 5.41) is 17.3. The largest absolute Gasteiger partial charge is 0.480 e. The molecule has 2 rings (SSSR count). The highest BCUT2D eigenvalue weighted by Gasteiger charge is 2.35. The molecule has 21 heavy (non-hydrogen) atoms. The molecule has 1 aromatic heterocycles. The van der Waals surface area contributed by atoms with Gasteiger partial charge in [-0.1, -0.05) is 13.0 Å². The second kappa shape index (κ2) is 7.58. The van der Waals surface area contributed by atoms with Crippen LogP contribution in [0, 0.1) is 0 Å². The van der Waals surface area contributed by atoms with Crippen molar-refractivity contribution in [2.24, 2.45) is 0 Å². The molecule has 0 spiro atoms. The molecule has 0 radical (unpaired) electrons. The van der Waals surface area contributed by atoms with E-state index in [0.29, 0.717) is 12.8 Å². The fraction of sp³-hybridized carbons (Fsp3) is 0.538. The van der Waals surface area contributed by atoms with E-state index in [1.807, 2.05) is 24.4 Å².